The lowest BCUT2D eigenvalue weighted by molar-refractivity contribution is -0.281. The van der Waals surface area contributed by atoms with Crippen molar-refractivity contribution in [2.45, 2.75) is 44.6 Å². The first-order valence-corrected chi connectivity index (χ1v) is 4.30. The number of carbonyl (C=O) groups is 1. The number of aliphatic hydroxyl groups is 3. The Balaban J connectivity index is 2.71. The van der Waals surface area contributed by atoms with Crippen LogP contribution in [0.2, 0.25) is 0 Å². The largest absolute Gasteiger partial charge is 0.457 e. The quantitative estimate of drug-likeness (QED) is 0.446. The fourth-order valence-electron chi connectivity index (χ4n) is 1.34. The van der Waals surface area contributed by atoms with Crippen LogP contribution in [0.5, 0.6) is 0 Å². The highest BCUT2D eigenvalue weighted by molar-refractivity contribution is 5.66. The Labute approximate surface area is 81.1 Å². The van der Waals surface area contributed by atoms with Gasteiger partial charge in [-0.2, -0.15) is 0 Å². The minimum atomic E-state index is -1.45. The number of carbonyl (C=O) groups excluding carboxylic acids is 1. The van der Waals surface area contributed by atoms with Crippen LogP contribution in [0.4, 0.5) is 0 Å². The lowest BCUT2D eigenvalue weighted by atomic mass is 10.00. The van der Waals surface area contributed by atoms with Crippen LogP contribution in [0, 0.1) is 0 Å². The second-order valence-electron chi connectivity index (χ2n) is 3.29. The molecule has 0 aromatic rings. The molecule has 0 aromatic heterocycles. The van der Waals surface area contributed by atoms with Gasteiger partial charge < -0.3 is 24.8 Å². The Hall–Kier alpha value is -0.690. The van der Waals surface area contributed by atoms with Crippen molar-refractivity contribution in [3.05, 3.63) is 0 Å². The fraction of sp³-hybridized carbons (Fsp3) is 0.875. The number of hydrogen-bond acceptors (Lipinski definition) is 6. The van der Waals surface area contributed by atoms with E-state index in [9.17, 15) is 20.1 Å². The minimum Gasteiger partial charge on any atom is -0.457 e. The molecular weight excluding hydrogens is 192 g/mol. The van der Waals surface area contributed by atoms with Crippen molar-refractivity contribution in [3.8, 4) is 0 Å². The van der Waals surface area contributed by atoms with E-state index in [0.717, 1.165) is 6.92 Å². The van der Waals surface area contributed by atoms with Crippen LogP contribution in [-0.4, -0.2) is 52.0 Å². The monoisotopic (exact) mass is 206 g/mol. The van der Waals surface area contributed by atoms with Gasteiger partial charge in [-0.25, -0.2) is 0 Å². The Bertz CT molecular complexity index is 204. The van der Waals surface area contributed by atoms with Crippen molar-refractivity contribution in [1.29, 1.82) is 0 Å². The number of hydrogen-bond donors (Lipinski definition) is 3. The van der Waals surface area contributed by atoms with E-state index < -0.39 is 36.7 Å². The summed E-state index contributed by atoms with van der Waals surface area (Å²) in [6.07, 6.45) is -5.86. The maximum absolute atomic E-state index is 10.6. The minimum absolute atomic E-state index is 0.630. The molecule has 6 nitrogen and oxygen atoms in total. The van der Waals surface area contributed by atoms with Crippen LogP contribution in [-0.2, 0) is 14.3 Å². The maximum Gasteiger partial charge on any atom is 0.303 e. The Morgan fingerprint density at radius 3 is 2.36 bits per heavy atom. The van der Waals surface area contributed by atoms with E-state index in [1.165, 1.54) is 6.92 Å². The molecule has 0 radical (unpaired) electrons. The molecule has 6 heteroatoms. The first kappa shape index (κ1) is 11.4. The third-order valence-corrected chi connectivity index (χ3v) is 2.10. The van der Waals surface area contributed by atoms with Crippen LogP contribution in [0.1, 0.15) is 13.8 Å². The van der Waals surface area contributed by atoms with E-state index in [4.69, 9.17) is 4.74 Å². The zero-order chi connectivity index (χ0) is 10.9. The van der Waals surface area contributed by atoms with Crippen molar-refractivity contribution in [1.82, 2.24) is 0 Å². The van der Waals surface area contributed by atoms with Gasteiger partial charge >= 0.3 is 5.97 Å². The summed E-state index contributed by atoms with van der Waals surface area (Å²) in [4.78, 5) is 10.6. The molecule has 14 heavy (non-hydrogen) atoms. The summed E-state index contributed by atoms with van der Waals surface area (Å²) < 4.78 is 9.46. The van der Waals surface area contributed by atoms with Crippen molar-refractivity contribution in [3.63, 3.8) is 0 Å². The van der Waals surface area contributed by atoms with Gasteiger partial charge in [-0.15, -0.1) is 0 Å². The van der Waals surface area contributed by atoms with Gasteiger partial charge in [-0.05, 0) is 6.92 Å². The van der Waals surface area contributed by atoms with E-state index >= 15 is 0 Å². The first-order valence-electron chi connectivity index (χ1n) is 4.30. The Morgan fingerprint density at radius 2 is 1.86 bits per heavy atom. The van der Waals surface area contributed by atoms with Crippen LogP contribution in [0.25, 0.3) is 0 Å². The topological polar surface area (TPSA) is 96.2 Å². The molecule has 5 atom stereocenters. The average molecular weight is 206 g/mol. The van der Waals surface area contributed by atoms with E-state index in [0.29, 0.717) is 0 Å². The average Bonchev–Trinajstić information content (AvgIpc) is 2.09. The van der Waals surface area contributed by atoms with E-state index in [1.807, 2.05) is 0 Å². The summed E-state index contributed by atoms with van der Waals surface area (Å²) in [5, 5.41) is 28.0. The molecule has 0 aromatic carbocycles. The van der Waals surface area contributed by atoms with Gasteiger partial charge in [-0.3, -0.25) is 4.79 Å². The summed E-state index contributed by atoms with van der Waals surface area (Å²) in [6.45, 7) is 2.67. The molecule has 0 bridgehead atoms. The molecule has 0 saturated carbocycles. The zero-order valence-corrected chi connectivity index (χ0v) is 7.95. The number of rotatable bonds is 1. The number of ether oxygens (including phenoxy) is 2. The van der Waals surface area contributed by atoms with Crippen molar-refractivity contribution in [2.24, 2.45) is 0 Å². The Kier molecular flexibility index (Phi) is 3.43. The van der Waals surface area contributed by atoms with Crippen molar-refractivity contribution < 1.29 is 29.6 Å². The summed E-state index contributed by atoms with van der Waals surface area (Å²) in [5.74, 6) is -0.630. The highest BCUT2D eigenvalue weighted by Crippen LogP contribution is 2.21. The molecule has 82 valence electrons. The Morgan fingerprint density at radius 1 is 1.29 bits per heavy atom. The lowest BCUT2D eigenvalue weighted by Gasteiger charge is -2.38. The molecule has 0 aliphatic carbocycles. The van der Waals surface area contributed by atoms with Gasteiger partial charge in [0, 0.05) is 6.92 Å². The molecule has 1 saturated heterocycles. The third-order valence-electron chi connectivity index (χ3n) is 2.10. The molecule has 1 aliphatic heterocycles. The van der Waals surface area contributed by atoms with E-state index in [-0.39, 0.29) is 0 Å². The SMILES string of the molecule is CC(=O)O[C@@H]1[C@H](O)[C@H](C)O[C@@H](O)[C@H]1O. The highest BCUT2D eigenvalue weighted by atomic mass is 16.6. The van der Waals surface area contributed by atoms with E-state index in [2.05, 4.69) is 4.74 Å². The molecule has 0 unspecified atom stereocenters. The summed E-state index contributed by atoms with van der Waals surface area (Å²) in [6, 6.07) is 0. The van der Waals surface area contributed by atoms with Crippen LogP contribution in [0.3, 0.4) is 0 Å². The van der Waals surface area contributed by atoms with Crippen LogP contribution < -0.4 is 0 Å². The molecular formula is C8H14O6. The first-order chi connectivity index (χ1) is 6.43. The maximum atomic E-state index is 10.6. The smallest absolute Gasteiger partial charge is 0.303 e. The van der Waals surface area contributed by atoms with Gasteiger partial charge in [-0.1, -0.05) is 0 Å². The van der Waals surface area contributed by atoms with Crippen molar-refractivity contribution in [2.75, 3.05) is 0 Å². The molecule has 0 amide bonds. The second-order valence-corrected chi connectivity index (χ2v) is 3.29. The van der Waals surface area contributed by atoms with Gasteiger partial charge in [0.1, 0.15) is 12.2 Å². The van der Waals surface area contributed by atoms with Gasteiger partial charge in [0.2, 0.25) is 0 Å². The van der Waals surface area contributed by atoms with Crippen LogP contribution >= 0.6 is 0 Å². The molecule has 3 N–H and O–H groups in total. The molecule has 1 rings (SSSR count). The fourth-order valence-corrected chi connectivity index (χ4v) is 1.34. The number of aliphatic hydroxyl groups excluding tert-OH is 3. The highest BCUT2D eigenvalue weighted by Gasteiger charge is 2.44. The standard InChI is InChI=1S/C8H14O6/c1-3-5(10)7(14-4(2)9)6(11)8(12)13-3/h3,5-8,10-12H,1-2H3/t3-,5+,6-,7+,8+/m0/s1. The summed E-state index contributed by atoms with van der Waals surface area (Å²) in [5.41, 5.74) is 0. The predicted octanol–water partition coefficient (Wildman–Crippen LogP) is -1.62. The molecule has 1 heterocycles. The van der Waals surface area contributed by atoms with Gasteiger partial charge in [0.25, 0.3) is 0 Å². The third kappa shape index (κ3) is 2.21. The molecule has 1 aliphatic rings. The summed E-state index contributed by atoms with van der Waals surface area (Å²) >= 11 is 0. The van der Waals surface area contributed by atoms with Gasteiger partial charge in [0.05, 0.1) is 6.10 Å². The lowest BCUT2D eigenvalue weighted by Crippen LogP contribution is -2.57. The summed E-state index contributed by atoms with van der Waals surface area (Å²) in [7, 11) is 0. The molecule has 0 spiro atoms. The number of esters is 1. The van der Waals surface area contributed by atoms with E-state index in [1.54, 1.807) is 0 Å². The predicted molar refractivity (Wildman–Crippen MR) is 44.1 cm³/mol. The second kappa shape index (κ2) is 4.22. The van der Waals surface area contributed by atoms with Crippen LogP contribution in [0.15, 0.2) is 0 Å². The van der Waals surface area contributed by atoms with Crippen molar-refractivity contribution >= 4 is 5.97 Å². The normalized spacial score (nSPS) is 43.4. The van der Waals surface area contributed by atoms with Gasteiger partial charge in [0.15, 0.2) is 12.4 Å². The molecule has 1 fully saturated rings. The zero-order valence-electron chi connectivity index (χ0n) is 7.95.